The highest BCUT2D eigenvalue weighted by atomic mass is 35.5. The van der Waals surface area contributed by atoms with Gasteiger partial charge in [-0.05, 0) is 19.4 Å². The zero-order valence-corrected chi connectivity index (χ0v) is 11.4. The molecule has 0 spiro atoms. The van der Waals surface area contributed by atoms with E-state index in [2.05, 4.69) is 23.7 Å². The first-order valence-electron chi connectivity index (χ1n) is 6.01. The van der Waals surface area contributed by atoms with Crippen LogP contribution in [0.2, 0.25) is 0 Å². The second kappa shape index (κ2) is 5.91. The summed E-state index contributed by atoms with van der Waals surface area (Å²) in [5.74, 6) is 0.639. The van der Waals surface area contributed by atoms with Crippen molar-refractivity contribution in [2.24, 2.45) is 4.99 Å². The van der Waals surface area contributed by atoms with Crippen LogP contribution in [-0.2, 0) is 11.3 Å². The van der Waals surface area contributed by atoms with Gasteiger partial charge >= 0.3 is 0 Å². The lowest BCUT2D eigenvalue weighted by Gasteiger charge is -2.27. The van der Waals surface area contributed by atoms with Crippen LogP contribution >= 0.6 is 11.6 Å². The number of hydrogen-bond acceptors (Lipinski definition) is 3. The first kappa shape index (κ1) is 13.0. The molecule has 0 aliphatic carbocycles. The predicted octanol–water partition coefficient (Wildman–Crippen LogP) is 3.36. The van der Waals surface area contributed by atoms with E-state index in [0.717, 1.165) is 5.56 Å². The fourth-order valence-electron chi connectivity index (χ4n) is 1.61. The molecular formula is C14H17ClN2O. The summed E-state index contributed by atoms with van der Waals surface area (Å²) in [5.41, 5.74) is 1.12. The van der Waals surface area contributed by atoms with Gasteiger partial charge in [0.15, 0.2) is 10.9 Å². The highest BCUT2D eigenvalue weighted by molar-refractivity contribution is 6.69. The third-order valence-corrected chi connectivity index (χ3v) is 3.07. The molecule has 0 amide bonds. The zero-order chi connectivity index (χ0) is 13.0. The van der Waals surface area contributed by atoms with Crippen molar-refractivity contribution in [3.05, 3.63) is 47.9 Å². The smallest absolute Gasteiger partial charge is 0.172 e. The Balaban J connectivity index is 2.01. The third kappa shape index (κ3) is 3.26. The maximum Gasteiger partial charge on any atom is 0.172 e. The molecule has 0 saturated carbocycles. The molecule has 0 saturated heterocycles. The van der Waals surface area contributed by atoms with Crippen molar-refractivity contribution in [1.29, 1.82) is 0 Å². The lowest BCUT2D eigenvalue weighted by molar-refractivity contribution is 0.199. The normalized spacial score (nSPS) is 15.4. The molecule has 0 radical (unpaired) electrons. The molecule has 0 bridgehead atoms. The Kier molecular flexibility index (Phi) is 4.26. The number of ether oxygens (including phenoxy) is 1. The van der Waals surface area contributed by atoms with Gasteiger partial charge in [-0.1, -0.05) is 41.9 Å². The first-order chi connectivity index (χ1) is 8.66. The van der Waals surface area contributed by atoms with E-state index in [4.69, 9.17) is 16.3 Å². The van der Waals surface area contributed by atoms with Crippen LogP contribution in [0.3, 0.4) is 0 Å². The molecule has 1 heterocycles. The highest BCUT2D eigenvalue weighted by Gasteiger charge is 2.16. The van der Waals surface area contributed by atoms with Gasteiger partial charge in [0.2, 0.25) is 0 Å². The van der Waals surface area contributed by atoms with Crippen molar-refractivity contribution in [3.8, 4) is 0 Å². The van der Waals surface area contributed by atoms with E-state index >= 15 is 0 Å². The number of nitrogens with zero attached hydrogens (tertiary/aromatic N) is 2. The maximum absolute atomic E-state index is 6.05. The molecule has 0 N–H and O–H groups in total. The van der Waals surface area contributed by atoms with E-state index in [1.54, 1.807) is 0 Å². The average molecular weight is 265 g/mol. The fraction of sp³-hybridized carbons (Fsp3) is 0.357. The summed E-state index contributed by atoms with van der Waals surface area (Å²) in [5, 5.41) is 0.447. The van der Waals surface area contributed by atoms with Crippen LogP contribution < -0.4 is 0 Å². The molecule has 1 aromatic rings. The van der Waals surface area contributed by atoms with E-state index in [0.29, 0.717) is 30.2 Å². The number of halogens is 1. The Bertz CT molecular complexity index is 454. The summed E-state index contributed by atoms with van der Waals surface area (Å²) in [6.07, 6.45) is 1.93. The van der Waals surface area contributed by atoms with Crippen molar-refractivity contribution >= 4 is 16.8 Å². The lowest BCUT2D eigenvalue weighted by atomic mass is 10.2. The first-order valence-corrected chi connectivity index (χ1v) is 6.39. The van der Waals surface area contributed by atoms with Crippen LogP contribution in [0.15, 0.2) is 47.3 Å². The van der Waals surface area contributed by atoms with Crippen LogP contribution in [-0.4, -0.2) is 22.8 Å². The van der Waals surface area contributed by atoms with Gasteiger partial charge < -0.3 is 9.64 Å². The van der Waals surface area contributed by atoms with E-state index < -0.39 is 0 Å². The van der Waals surface area contributed by atoms with Gasteiger partial charge in [-0.25, -0.2) is 4.99 Å². The lowest BCUT2D eigenvalue weighted by Crippen LogP contribution is -2.30. The van der Waals surface area contributed by atoms with Crippen molar-refractivity contribution in [1.82, 2.24) is 4.90 Å². The molecule has 0 fully saturated rings. The highest BCUT2D eigenvalue weighted by Crippen LogP contribution is 2.16. The van der Waals surface area contributed by atoms with Gasteiger partial charge in [-0.3, -0.25) is 0 Å². The molecule has 0 atom stereocenters. The van der Waals surface area contributed by atoms with Gasteiger partial charge in [0.25, 0.3) is 0 Å². The molecule has 1 aliphatic rings. The largest absolute Gasteiger partial charge is 0.484 e. The summed E-state index contributed by atoms with van der Waals surface area (Å²) in [6, 6.07) is 10.4. The summed E-state index contributed by atoms with van der Waals surface area (Å²) in [7, 11) is 0. The second-order valence-corrected chi connectivity index (χ2v) is 4.82. The molecule has 2 rings (SSSR count). The number of hydrogen-bond donors (Lipinski definition) is 0. The van der Waals surface area contributed by atoms with Crippen LogP contribution in [0.1, 0.15) is 19.4 Å². The molecule has 4 heteroatoms. The molecule has 1 aromatic carbocycles. The minimum Gasteiger partial charge on any atom is -0.484 e. The van der Waals surface area contributed by atoms with Gasteiger partial charge in [0.05, 0.1) is 0 Å². The van der Waals surface area contributed by atoms with Crippen molar-refractivity contribution in [2.45, 2.75) is 26.5 Å². The number of benzene rings is 1. The Morgan fingerprint density at radius 2 is 2.06 bits per heavy atom. The number of allylic oxidation sites excluding steroid dienone is 1. The Hall–Kier alpha value is -1.48. The fourth-order valence-corrected chi connectivity index (χ4v) is 1.77. The quantitative estimate of drug-likeness (QED) is 0.833. The predicted molar refractivity (Wildman–Crippen MR) is 74.4 cm³/mol. The standard InChI is InChI=1S/C14H17ClN2O/c1-11(2)17-8-13(14(15)16-10-17)18-9-12-6-4-3-5-7-12/h3-8,11H,9-10H2,1-2H3. The third-order valence-electron chi connectivity index (χ3n) is 2.76. The molecule has 0 aromatic heterocycles. The summed E-state index contributed by atoms with van der Waals surface area (Å²) in [6.45, 7) is 5.32. The van der Waals surface area contributed by atoms with Gasteiger partial charge in [-0.2, -0.15) is 0 Å². The van der Waals surface area contributed by atoms with Crippen LogP contribution in [0.25, 0.3) is 0 Å². The molecule has 0 unspecified atom stereocenters. The van der Waals surface area contributed by atoms with Crippen LogP contribution in [0.4, 0.5) is 0 Å². The summed E-state index contributed by atoms with van der Waals surface area (Å²) >= 11 is 6.05. The molecule has 96 valence electrons. The van der Waals surface area contributed by atoms with E-state index in [1.807, 2.05) is 36.5 Å². The molecular weight excluding hydrogens is 248 g/mol. The van der Waals surface area contributed by atoms with Crippen LogP contribution in [0.5, 0.6) is 0 Å². The minimum atomic E-state index is 0.383. The van der Waals surface area contributed by atoms with Gasteiger partial charge in [-0.15, -0.1) is 0 Å². The topological polar surface area (TPSA) is 24.8 Å². The Morgan fingerprint density at radius 1 is 1.33 bits per heavy atom. The minimum absolute atomic E-state index is 0.383. The number of rotatable bonds is 4. The zero-order valence-electron chi connectivity index (χ0n) is 10.6. The Morgan fingerprint density at radius 3 is 2.72 bits per heavy atom. The Labute approximate surface area is 113 Å². The average Bonchev–Trinajstić information content (AvgIpc) is 2.38. The molecule has 1 aliphatic heterocycles. The van der Waals surface area contributed by atoms with Gasteiger partial charge in [0, 0.05) is 12.2 Å². The van der Waals surface area contributed by atoms with E-state index in [1.165, 1.54) is 0 Å². The van der Waals surface area contributed by atoms with E-state index in [9.17, 15) is 0 Å². The SMILES string of the molecule is CC(C)N1C=C(OCc2ccccc2)C(Cl)=NC1. The maximum atomic E-state index is 6.05. The van der Waals surface area contributed by atoms with E-state index in [-0.39, 0.29) is 0 Å². The molecule has 3 nitrogen and oxygen atoms in total. The van der Waals surface area contributed by atoms with Crippen molar-refractivity contribution < 1.29 is 4.74 Å². The second-order valence-electron chi connectivity index (χ2n) is 4.47. The summed E-state index contributed by atoms with van der Waals surface area (Å²) in [4.78, 5) is 6.33. The number of aliphatic imine (C=N–C) groups is 1. The molecule has 18 heavy (non-hydrogen) atoms. The van der Waals surface area contributed by atoms with Gasteiger partial charge in [0.1, 0.15) is 13.3 Å². The monoisotopic (exact) mass is 264 g/mol. The van der Waals surface area contributed by atoms with Crippen LogP contribution in [0, 0.1) is 0 Å². The summed E-state index contributed by atoms with van der Waals surface area (Å²) < 4.78 is 5.72. The van der Waals surface area contributed by atoms with Crippen molar-refractivity contribution in [3.63, 3.8) is 0 Å². The van der Waals surface area contributed by atoms with Crippen molar-refractivity contribution in [2.75, 3.05) is 6.67 Å².